The second kappa shape index (κ2) is 4.70. The summed E-state index contributed by atoms with van der Waals surface area (Å²) in [5.74, 6) is -1.04. The lowest BCUT2D eigenvalue weighted by molar-refractivity contribution is -0.383. The summed E-state index contributed by atoms with van der Waals surface area (Å²) in [5.41, 5.74) is 0.513. The molecule has 1 aromatic carbocycles. The summed E-state index contributed by atoms with van der Waals surface area (Å²) >= 11 is 0. The zero-order chi connectivity index (χ0) is 13.1. The Labute approximate surface area is 102 Å². The highest BCUT2D eigenvalue weighted by Gasteiger charge is 2.14. The van der Waals surface area contributed by atoms with Gasteiger partial charge in [0.15, 0.2) is 0 Å². The molecule has 0 amide bonds. The molecule has 1 heterocycles. The number of hydrogen-bond acceptors (Lipinski definition) is 3. The van der Waals surface area contributed by atoms with Crippen LogP contribution in [0.3, 0.4) is 0 Å². The minimum Gasteiger partial charge on any atom is -0.478 e. The second-order valence-electron chi connectivity index (χ2n) is 3.68. The van der Waals surface area contributed by atoms with Gasteiger partial charge in [0.1, 0.15) is 5.52 Å². The number of rotatable bonds is 4. The molecular weight excluding hydrogens is 236 g/mol. The van der Waals surface area contributed by atoms with Gasteiger partial charge in [0.25, 0.3) is 5.69 Å². The van der Waals surface area contributed by atoms with Crippen LogP contribution in [-0.4, -0.2) is 20.6 Å². The van der Waals surface area contributed by atoms with Gasteiger partial charge in [-0.1, -0.05) is 18.2 Å². The fraction of sp³-hybridized carbons (Fsp3) is 0.0833. The monoisotopic (exact) mass is 246 g/mol. The number of nitro benzene ring substituents is 1. The van der Waals surface area contributed by atoms with E-state index in [0.29, 0.717) is 5.52 Å². The number of hydrogen-bond donors (Lipinski definition) is 1. The molecular formula is C12H10N2O4. The van der Waals surface area contributed by atoms with Gasteiger partial charge in [0, 0.05) is 30.3 Å². The number of non-ortho nitro benzene ring substituents is 1. The summed E-state index contributed by atoms with van der Waals surface area (Å²) in [5, 5.41) is 20.2. The number of nitrogens with zero attached hydrogens (tertiary/aromatic N) is 2. The van der Waals surface area contributed by atoms with Gasteiger partial charge in [-0.2, -0.15) is 0 Å². The van der Waals surface area contributed by atoms with E-state index in [1.54, 1.807) is 29.0 Å². The lowest BCUT2D eigenvalue weighted by Crippen LogP contribution is -1.98. The molecule has 0 unspecified atom stereocenters. The smallest absolute Gasteiger partial charge is 0.328 e. The zero-order valence-electron chi connectivity index (χ0n) is 9.31. The summed E-state index contributed by atoms with van der Waals surface area (Å²) in [6, 6.07) is 6.59. The van der Waals surface area contributed by atoms with Crippen molar-refractivity contribution in [1.29, 1.82) is 0 Å². The average molecular weight is 246 g/mol. The summed E-state index contributed by atoms with van der Waals surface area (Å²) in [4.78, 5) is 20.8. The normalized spacial score (nSPS) is 11.1. The van der Waals surface area contributed by atoms with Crippen molar-refractivity contribution in [1.82, 2.24) is 4.57 Å². The van der Waals surface area contributed by atoms with Crippen LogP contribution in [0, 0.1) is 10.1 Å². The van der Waals surface area contributed by atoms with E-state index in [2.05, 4.69) is 0 Å². The van der Waals surface area contributed by atoms with Crippen LogP contribution < -0.4 is 0 Å². The fourth-order valence-corrected chi connectivity index (χ4v) is 1.81. The van der Waals surface area contributed by atoms with E-state index in [0.717, 1.165) is 11.5 Å². The minimum absolute atomic E-state index is 0.0150. The van der Waals surface area contributed by atoms with E-state index >= 15 is 0 Å². The Hall–Kier alpha value is -2.63. The number of fused-ring (bicyclic) bond motifs is 1. The number of carboxylic acid groups (broad SMARTS) is 1. The third-order valence-corrected chi connectivity index (χ3v) is 2.53. The zero-order valence-corrected chi connectivity index (χ0v) is 9.31. The second-order valence-corrected chi connectivity index (χ2v) is 3.68. The van der Waals surface area contributed by atoms with Crippen molar-refractivity contribution >= 4 is 22.6 Å². The predicted octanol–water partition coefficient (Wildman–Crippen LogP) is 2.19. The highest BCUT2D eigenvalue weighted by atomic mass is 16.6. The fourth-order valence-electron chi connectivity index (χ4n) is 1.81. The largest absolute Gasteiger partial charge is 0.478 e. The van der Waals surface area contributed by atoms with Crippen LogP contribution in [0.5, 0.6) is 0 Å². The Morgan fingerprint density at radius 2 is 2.22 bits per heavy atom. The van der Waals surface area contributed by atoms with Crippen LogP contribution in [0.2, 0.25) is 0 Å². The molecule has 0 saturated carbocycles. The van der Waals surface area contributed by atoms with Crippen molar-refractivity contribution in [2.45, 2.75) is 6.54 Å². The molecule has 6 nitrogen and oxygen atoms in total. The minimum atomic E-state index is -1.04. The first kappa shape index (κ1) is 11.8. The molecule has 0 aliphatic carbocycles. The maximum atomic E-state index is 10.9. The number of nitro groups is 1. The van der Waals surface area contributed by atoms with Crippen LogP contribution in [0.1, 0.15) is 0 Å². The van der Waals surface area contributed by atoms with Crippen LogP contribution in [0.25, 0.3) is 10.9 Å². The molecule has 2 rings (SSSR count). The Morgan fingerprint density at radius 1 is 1.44 bits per heavy atom. The standard InChI is InChI=1S/C12H10N2O4/c15-11(16)5-2-7-13-8-6-9-3-1-4-10(12(9)13)14(17)18/h1-6,8H,7H2,(H,15,16)/b5-2+. The summed E-state index contributed by atoms with van der Waals surface area (Å²) in [6.45, 7) is 0.278. The van der Waals surface area contributed by atoms with E-state index in [1.165, 1.54) is 12.1 Å². The van der Waals surface area contributed by atoms with Crippen molar-refractivity contribution in [2.75, 3.05) is 0 Å². The first-order valence-electron chi connectivity index (χ1n) is 5.21. The van der Waals surface area contributed by atoms with Crippen molar-refractivity contribution in [3.63, 3.8) is 0 Å². The Kier molecular flexibility index (Phi) is 3.09. The lowest BCUT2D eigenvalue weighted by atomic mass is 10.2. The molecule has 0 aliphatic heterocycles. The number of carbonyl (C=O) groups is 1. The molecule has 18 heavy (non-hydrogen) atoms. The number of carboxylic acids is 1. The number of aromatic nitrogens is 1. The van der Waals surface area contributed by atoms with Crippen LogP contribution in [0.15, 0.2) is 42.6 Å². The number of allylic oxidation sites excluding steroid dienone is 1. The number of benzene rings is 1. The first-order valence-corrected chi connectivity index (χ1v) is 5.21. The molecule has 2 aromatic rings. The molecule has 0 aliphatic rings. The van der Waals surface area contributed by atoms with Gasteiger partial charge in [-0.05, 0) is 6.07 Å². The van der Waals surface area contributed by atoms with E-state index in [-0.39, 0.29) is 12.2 Å². The summed E-state index contributed by atoms with van der Waals surface area (Å²) in [6.07, 6.45) is 4.16. The molecule has 0 saturated heterocycles. The average Bonchev–Trinajstić information content (AvgIpc) is 2.72. The van der Waals surface area contributed by atoms with Gasteiger partial charge in [-0.25, -0.2) is 4.79 Å². The van der Waals surface area contributed by atoms with Crippen LogP contribution in [-0.2, 0) is 11.3 Å². The van der Waals surface area contributed by atoms with Crippen molar-refractivity contribution in [2.24, 2.45) is 0 Å². The highest BCUT2D eigenvalue weighted by Crippen LogP contribution is 2.26. The Morgan fingerprint density at radius 3 is 2.89 bits per heavy atom. The molecule has 0 radical (unpaired) electrons. The molecule has 1 aromatic heterocycles. The molecule has 92 valence electrons. The van der Waals surface area contributed by atoms with Gasteiger partial charge in [0.2, 0.25) is 0 Å². The SMILES string of the molecule is O=C(O)/C=C/Cn1ccc2cccc([N+](=O)[O-])c21. The summed E-state index contributed by atoms with van der Waals surface area (Å²) < 4.78 is 1.65. The third-order valence-electron chi connectivity index (χ3n) is 2.53. The first-order chi connectivity index (χ1) is 8.59. The summed E-state index contributed by atoms with van der Waals surface area (Å²) in [7, 11) is 0. The molecule has 0 fully saturated rings. The molecule has 0 spiro atoms. The van der Waals surface area contributed by atoms with Gasteiger partial charge < -0.3 is 9.67 Å². The van der Waals surface area contributed by atoms with E-state index in [4.69, 9.17) is 5.11 Å². The van der Waals surface area contributed by atoms with Gasteiger partial charge in [-0.15, -0.1) is 0 Å². The maximum Gasteiger partial charge on any atom is 0.328 e. The number of para-hydroxylation sites is 1. The maximum absolute atomic E-state index is 10.9. The predicted molar refractivity (Wildman–Crippen MR) is 65.4 cm³/mol. The topological polar surface area (TPSA) is 85.4 Å². The quantitative estimate of drug-likeness (QED) is 0.509. The van der Waals surface area contributed by atoms with E-state index < -0.39 is 10.9 Å². The molecule has 1 N–H and O–H groups in total. The van der Waals surface area contributed by atoms with Crippen LogP contribution in [0.4, 0.5) is 5.69 Å². The van der Waals surface area contributed by atoms with Crippen molar-refractivity contribution < 1.29 is 14.8 Å². The Bertz CT molecular complexity index is 643. The van der Waals surface area contributed by atoms with E-state index in [9.17, 15) is 14.9 Å². The Balaban J connectivity index is 2.45. The van der Waals surface area contributed by atoms with Gasteiger partial charge in [0.05, 0.1) is 4.92 Å². The van der Waals surface area contributed by atoms with Gasteiger partial charge >= 0.3 is 5.97 Å². The highest BCUT2D eigenvalue weighted by molar-refractivity contribution is 5.88. The molecule has 6 heteroatoms. The lowest BCUT2D eigenvalue weighted by Gasteiger charge is -2.01. The van der Waals surface area contributed by atoms with Gasteiger partial charge in [-0.3, -0.25) is 10.1 Å². The molecule has 0 atom stereocenters. The van der Waals surface area contributed by atoms with E-state index in [1.807, 2.05) is 0 Å². The number of aliphatic carboxylic acids is 1. The molecule has 0 bridgehead atoms. The van der Waals surface area contributed by atoms with Crippen molar-refractivity contribution in [3.05, 3.63) is 52.7 Å². The van der Waals surface area contributed by atoms with Crippen LogP contribution >= 0.6 is 0 Å². The third kappa shape index (κ3) is 2.22. The van der Waals surface area contributed by atoms with Crippen molar-refractivity contribution in [3.8, 4) is 0 Å².